The zero-order valence-corrected chi connectivity index (χ0v) is 13.1. The lowest BCUT2D eigenvalue weighted by atomic mass is 10.0. The summed E-state index contributed by atoms with van der Waals surface area (Å²) in [6.45, 7) is 3.92. The van der Waals surface area contributed by atoms with Crippen LogP contribution in [0.15, 0.2) is 42.5 Å². The first-order chi connectivity index (χ1) is 11.3. The van der Waals surface area contributed by atoms with Crippen molar-refractivity contribution in [2.24, 2.45) is 0 Å². The van der Waals surface area contributed by atoms with Gasteiger partial charge < -0.3 is 5.32 Å². The predicted octanol–water partition coefficient (Wildman–Crippen LogP) is 3.88. The van der Waals surface area contributed by atoms with Crippen LogP contribution in [0, 0.1) is 20.2 Å². The normalized spacial score (nSPS) is 10.5. The van der Waals surface area contributed by atoms with Crippen LogP contribution in [0.3, 0.4) is 0 Å². The van der Waals surface area contributed by atoms with E-state index in [-0.39, 0.29) is 11.5 Å². The number of benzene rings is 2. The molecule has 0 radical (unpaired) electrons. The second kappa shape index (κ2) is 6.86. The summed E-state index contributed by atoms with van der Waals surface area (Å²) in [5.41, 5.74) is 0.296. The topological polar surface area (TPSA) is 115 Å². The van der Waals surface area contributed by atoms with Gasteiger partial charge in [0.2, 0.25) is 0 Å². The average Bonchev–Trinajstić information content (AvgIpc) is 2.54. The fourth-order valence-electron chi connectivity index (χ4n) is 2.25. The van der Waals surface area contributed by atoms with Crippen molar-refractivity contribution in [3.8, 4) is 0 Å². The SMILES string of the molecule is CC(C)c1ccccc1NC(=O)c1cc([N+](=O)[O-])cc([N+](=O)[O-])c1. The number of carbonyl (C=O) groups excluding carboxylic acids is 1. The summed E-state index contributed by atoms with van der Waals surface area (Å²) in [5, 5.41) is 24.5. The second-order valence-corrected chi connectivity index (χ2v) is 5.45. The number of nitrogens with zero attached hydrogens (tertiary/aromatic N) is 2. The van der Waals surface area contributed by atoms with Crippen molar-refractivity contribution in [2.45, 2.75) is 19.8 Å². The molecular weight excluding hydrogens is 314 g/mol. The number of nitrogens with one attached hydrogen (secondary N) is 1. The van der Waals surface area contributed by atoms with Crippen LogP contribution < -0.4 is 5.32 Å². The number of para-hydroxylation sites is 1. The lowest BCUT2D eigenvalue weighted by Crippen LogP contribution is -2.14. The standard InChI is InChI=1S/C16H15N3O5/c1-10(2)14-5-3-4-6-15(14)17-16(20)11-7-12(18(21)22)9-13(8-11)19(23)24/h3-10H,1-2H3,(H,17,20). The van der Waals surface area contributed by atoms with Crippen molar-refractivity contribution < 1.29 is 14.6 Å². The summed E-state index contributed by atoms with van der Waals surface area (Å²) in [6, 6.07) is 10.00. The lowest BCUT2D eigenvalue weighted by molar-refractivity contribution is -0.394. The van der Waals surface area contributed by atoms with E-state index in [4.69, 9.17) is 0 Å². The molecular formula is C16H15N3O5. The van der Waals surface area contributed by atoms with E-state index in [1.165, 1.54) is 0 Å². The van der Waals surface area contributed by atoms with Crippen molar-refractivity contribution in [2.75, 3.05) is 5.32 Å². The van der Waals surface area contributed by atoms with E-state index in [2.05, 4.69) is 5.32 Å². The second-order valence-electron chi connectivity index (χ2n) is 5.45. The number of rotatable bonds is 5. The van der Waals surface area contributed by atoms with Gasteiger partial charge in [0, 0.05) is 17.8 Å². The molecule has 8 nitrogen and oxygen atoms in total. The molecule has 0 heterocycles. The number of nitro benzene ring substituents is 2. The smallest absolute Gasteiger partial charge is 0.277 e. The molecule has 0 bridgehead atoms. The van der Waals surface area contributed by atoms with Gasteiger partial charge in [-0.05, 0) is 17.5 Å². The fraction of sp³-hybridized carbons (Fsp3) is 0.188. The van der Waals surface area contributed by atoms with E-state index < -0.39 is 27.1 Å². The summed E-state index contributed by atoms with van der Waals surface area (Å²) < 4.78 is 0. The maximum atomic E-state index is 12.4. The van der Waals surface area contributed by atoms with E-state index in [9.17, 15) is 25.0 Å². The molecule has 0 saturated heterocycles. The van der Waals surface area contributed by atoms with Crippen molar-refractivity contribution in [3.63, 3.8) is 0 Å². The van der Waals surface area contributed by atoms with E-state index in [0.29, 0.717) is 5.69 Å². The molecule has 2 aromatic carbocycles. The number of nitro groups is 2. The minimum absolute atomic E-state index is 0.144. The highest BCUT2D eigenvalue weighted by molar-refractivity contribution is 6.05. The molecule has 0 fully saturated rings. The Bertz CT molecular complexity index is 785. The molecule has 0 aliphatic rings. The maximum Gasteiger partial charge on any atom is 0.277 e. The van der Waals surface area contributed by atoms with Gasteiger partial charge in [0.1, 0.15) is 0 Å². The number of hydrogen-bond donors (Lipinski definition) is 1. The third-order valence-electron chi connectivity index (χ3n) is 3.42. The number of non-ortho nitro benzene ring substituents is 2. The van der Waals surface area contributed by atoms with Crippen LogP contribution in [0.1, 0.15) is 35.7 Å². The van der Waals surface area contributed by atoms with Crippen LogP contribution in [0.25, 0.3) is 0 Å². The van der Waals surface area contributed by atoms with Crippen LogP contribution >= 0.6 is 0 Å². The molecule has 0 aliphatic heterocycles. The minimum atomic E-state index is -0.772. The first-order valence-electron chi connectivity index (χ1n) is 7.13. The predicted molar refractivity (Wildman–Crippen MR) is 88.2 cm³/mol. The molecule has 0 aliphatic carbocycles. The lowest BCUT2D eigenvalue weighted by Gasteiger charge is -2.13. The number of hydrogen-bond acceptors (Lipinski definition) is 5. The minimum Gasteiger partial charge on any atom is -0.322 e. The van der Waals surface area contributed by atoms with E-state index in [0.717, 1.165) is 23.8 Å². The highest BCUT2D eigenvalue weighted by atomic mass is 16.6. The Balaban J connectivity index is 2.40. The molecule has 24 heavy (non-hydrogen) atoms. The molecule has 0 saturated carbocycles. The Hall–Kier alpha value is -3.29. The molecule has 0 spiro atoms. The first-order valence-corrected chi connectivity index (χ1v) is 7.13. The summed E-state index contributed by atoms with van der Waals surface area (Å²) in [7, 11) is 0. The molecule has 0 atom stereocenters. The molecule has 124 valence electrons. The van der Waals surface area contributed by atoms with Gasteiger partial charge in [-0.1, -0.05) is 32.0 Å². The molecule has 0 aromatic heterocycles. The number of carbonyl (C=O) groups is 1. The van der Waals surface area contributed by atoms with Crippen LogP contribution in [-0.2, 0) is 0 Å². The van der Waals surface area contributed by atoms with E-state index >= 15 is 0 Å². The first kappa shape index (κ1) is 17.1. The number of anilines is 1. The molecule has 1 amide bonds. The van der Waals surface area contributed by atoms with Gasteiger partial charge in [-0.15, -0.1) is 0 Å². The summed E-state index contributed by atoms with van der Waals surface area (Å²) >= 11 is 0. The Labute approximate surface area is 137 Å². The monoisotopic (exact) mass is 329 g/mol. The zero-order chi connectivity index (χ0) is 17.9. The van der Waals surface area contributed by atoms with Crippen LogP contribution in [0.5, 0.6) is 0 Å². The zero-order valence-electron chi connectivity index (χ0n) is 13.1. The van der Waals surface area contributed by atoms with Crippen molar-refractivity contribution in [1.82, 2.24) is 0 Å². The van der Waals surface area contributed by atoms with Crippen molar-refractivity contribution in [1.29, 1.82) is 0 Å². The third-order valence-corrected chi connectivity index (χ3v) is 3.42. The average molecular weight is 329 g/mol. The Morgan fingerprint density at radius 3 is 2.04 bits per heavy atom. The Morgan fingerprint density at radius 2 is 1.54 bits per heavy atom. The highest BCUT2D eigenvalue weighted by Gasteiger charge is 2.20. The van der Waals surface area contributed by atoms with E-state index in [1.807, 2.05) is 26.0 Å². The molecule has 2 aromatic rings. The molecule has 8 heteroatoms. The summed E-state index contributed by atoms with van der Waals surface area (Å²) in [4.78, 5) is 32.6. The molecule has 0 unspecified atom stereocenters. The van der Waals surface area contributed by atoms with Crippen molar-refractivity contribution in [3.05, 3.63) is 73.8 Å². The van der Waals surface area contributed by atoms with Gasteiger partial charge in [0.15, 0.2) is 0 Å². The van der Waals surface area contributed by atoms with Gasteiger partial charge in [0.25, 0.3) is 17.3 Å². The van der Waals surface area contributed by atoms with Gasteiger partial charge >= 0.3 is 0 Å². The third kappa shape index (κ3) is 3.72. The largest absolute Gasteiger partial charge is 0.322 e. The van der Waals surface area contributed by atoms with Gasteiger partial charge in [-0.3, -0.25) is 25.0 Å². The molecule has 2 rings (SSSR count). The Morgan fingerprint density at radius 1 is 1.00 bits per heavy atom. The quantitative estimate of drug-likeness (QED) is 0.660. The number of amides is 1. The van der Waals surface area contributed by atoms with Gasteiger partial charge in [-0.25, -0.2) is 0 Å². The summed E-state index contributed by atoms with van der Waals surface area (Å²) in [5.74, 6) is -0.490. The molecule has 1 N–H and O–H groups in total. The van der Waals surface area contributed by atoms with E-state index in [1.54, 1.807) is 12.1 Å². The fourth-order valence-corrected chi connectivity index (χ4v) is 2.25. The van der Waals surface area contributed by atoms with Crippen LogP contribution in [0.4, 0.5) is 17.1 Å². The highest BCUT2D eigenvalue weighted by Crippen LogP contribution is 2.26. The van der Waals surface area contributed by atoms with Crippen LogP contribution in [-0.4, -0.2) is 15.8 Å². The van der Waals surface area contributed by atoms with Crippen molar-refractivity contribution >= 4 is 23.0 Å². The Kier molecular flexibility index (Phi) is 4.88. The maximum absolute atomic E-state index is 12.4. The summed E-state index contributed by atoms with van der Waals surface area (Å²) in [6.07, 6.45) is 0. The van der Waals surface area contributed by atoms with Crippen LogP contribution in [0.2, 0.25) is 0 Å². The van der Waals surface area contributed by atoms with Gasteiger partial charge in [0.05, 0.1) is 21.5 Å². The van der Waals surface area contributed by atoms with Gasteiger partial charge in [-0.2, -0.15) is 0 Å².